The van der Waals surface area contributed by atoms with Gasteiger partial charge in [-0.25, -0.2) is 4.98 Å². The molecule has 0 fully saturated rings. The molecule has 158 valence electrons. The number of halogens is 3. The third-order valence-electron chi connectivity index (χ3n) is 4.62. The van der Waals surface area contributed by atoms with E-state index in [1.165, 1.54) is 12.1 Å². The molecule has 0 bridgehead atoms. The number of aromatic nitrogens is 2. The number of ether oxygens (including phenoxy) is 1. The highest BCUT2D eigenvalue weighted by molar-refractivity contribution is 7.98. The van der Waals surface area contributed by atoms with Gasteiger partial charge in [-0.2, -0.15) is 0 Å². The summed E-state index contributed by atoms with van der Waals surface area (Å²) in [6.45, 7) is 2.02. The van der Waals surface area contributed by atoms with Crippen LogP contribution in [0.15, 0.2) is 90.2 Å². The Balaban J connectivity index is 1.70. The number of thioether (sulfide) groups is 1. The zero-order chi connectivity index (χ0) is 21.8. The molecule has 3 aromatic carbocycles. The molecule has 31 heavy (non-hydrogen) atoms. The molecule has 0 spiro atoms. The zero-order valence-electron chi connectivity index (χ0n) is 16.6. The number of rotatable bonds is 6. The maximum absolute atomic E-state index is 12.5. The first-order valence-electron chi connectivity index (χ1n) is 9.57. The van der Waals surface area contributed by atoms with Crippen LogP contribution in [-0.2, 0) is 5.75 Å². The van der Waals surface area contributed by atoms with Crippen molar-refractivity contribution in [2.45, 2.75) is 24.2 Å². The predicted molar refractivity (Wildman–Crippen MR) is 116 cm³/mol. The molecule has 0 atom stereocenters. The Labute approximate surface area is 182 Å². The number of imidazole rings is 1. The fraction of sp³-hybridized carbons (Fsp3) is 0.125. The van der Waals surface area contributed by atoms with E-state index in [1.807, 2.05) is 66.1 Å². The molecule has 0 saturated heterocycles. The highest BCUT2D eigenvalue weighted by Crippen LogP contribution is 2.32. The third kappa shape index (κ3) is 5.30. The van der Waals surface area contributed by atoms with Gasteiger partial charge in [-0.1, -0.05) is 71.9 Å². The fourth-order valence-electron chi connectivity index (χ4n) is 3.13. The van der Waals surface area contributed by atoms with Crippen LogP contribution in [0.25, 0.3) is 16.9 Å². The van der Waals surface area contributed by atoms with E-state index in [4.69, 9.17) is 0 Å². The second-order valence-electron chi connectivity index (χ2n) is 6.94. The second-order valence-corrected chi connectivity index (χ2v) is 7.89. The van der Waals surface area contributed by atoms with Crippen LogP contribution < -0.4 is 4.74 Å². The Hall–Kier alpha value is -3.19. The molecule has 0 amide bonds. The van der Waals surface area contributed by atoms with Crippen LogP contribution in [0.1, 0.15) is 11.1 Å². The Kier molecular flexibility index (Phi) is 6.04. The summed E-state index contributed by atoms with van der Waals surface area (Å²) in [5, 5.41) is 0.754. The molecule has 0 N–H and O–H groups in total. The molecular formula is C24H19F3N2OS. The predicted octanol–water partition coefficient (Wildman–Crippen LogP) is 7.04. The van der Waals surface area contributed by atoms with Gasteiger partial charge in [-0.3, -0.25) is 4.57 Å². The first-order valence-corrected chi connectivity index (χ1v) is 10.6. The van der Waals surface area contributed by atoms with Crippen molar-refractivity contribution < 1.29 is 17.9 Å². The van der Waals surface area contributed by atoms with Crippen molar-refractivity contribution in [3.8, 4) is 22.7 Å². The van der Waals surface area contributed by atoms with E-state index >= 15 is 0 Å². The van der Waals surface area contributed by atoms with Gasteiger partial charge < -0.3 is 4.74 Å². The van der Waals surface area contributed by atoms with E-state index in [2.05, 4.69) is 9.72 Å². The molecule has 1 heterocycles. The monoisotopic (exact) mass is 440 g/mol. The van der Waals surface area contributed by atoms with Gasteiger partial charge >= 0.3 is 6.36 Å². The quantitative estimate of drug-likeness (QED) is 0.301. The molecule has 0 aliphatic carbocycles. The maximum atomic E-state index is 12.5. The summed E-state index contributed by atoms with van der Waals surface area (Å²) in [7, 11) is 0. The second kappa shape index (κ2) is 8.89. The van der Waals surface area contributed by atoms with Crippen LogP contribution >= 0.6 is 11.8 Å². The van der Waals surface area contributed by atoms with Crippen molar-refractivity contribution >= 4 is 11.8 Å². The molecule has 4 rings (SSSR count). The average Bonchev–Trinajstić information content (AvgIpc) is 3.17. The van der Waals surface area contributed by atoms with E-state index in [1.54, 1.807) is 30.1 Å². The lowest BCUT2D eigenvalue weighted by Gasteiger charge is -2.14. The van der Waals surface area contributed by atoms with Crippen LogP contribution in [0.2, 0.25) is 0 Å². The van der Waals surface area contributed by atoms with Gasteiger partial charge in [0.25, 0.3) is 0 Å². The fourth-order valence-corrected chi connectivity index (χ4v) is 4.08. The molecule has 0 unspecified atom stereocenters. The Bertz CT molecular complexity index is 1140. The van der Waals surface area contributed by atoms with Gasteiger partial charge in [0.05, 0.1) is 11.9 Å². The van der Waals surface area contributed by atoms with E-state index < -0.39 is 6.36 Å². The molecule has 7 heteroatoms. The number of benzene rings is 3. The molecule has 3 nitrogen and oxygen atoms in total. The minimum absolute atomic E-state index is 0.258. The van der Waals surface area contributed by atoms with Crippen molar-refractivity contribution in [2.24, 2.45) is 0 Å². The minimum Gasteiger partial charge on any atom is -0.406 e. The minimum atomic E-state index is -4.72. The van der Waals surface area contributed by atoms with Crippen molar-refractivity contribution in [1.82, 2.24) is 9.55 Å². The van der Waals surface area contributed by atoms with Gasteiger partial charge in [-0.15, -0.1) is 13.2 Å². The molecule has 0 aliphatic rings. The summed E-state index contributed by atoms with van der Waals surface area (Å²) in [5.41, 5.74) is 4.84. The SMILES string of the molecule is Cc1ccc(-c2cnc(SCc3ccccc3)n2-c2ccc(OC(F)(F)F)cc2)cc1. The number of alkyl halides is 3. The smallest absolute Gasteiger partial charge is 0.406 e. The lowest BCUT2D eigenvalue weighted by Crippen LogP contribution is -2.17. The van der Waals surface area contributed by atoms with Gasteiger partial charge in [0.2, 0.25) is 0 Å². The van der Waals surface area contributed by atoms with E-state index in [0.717, 1.165) is 33.3 Å². The van der Waals surface area contributed by atoms with Crippen LogP contribution in [-0.4, -0.2) is 15.9 Å². The summed E-state index contributed by atoms with van der Waals surface area (Å²) in [4.78, 5) is 4.60. The van der Waals surface area contributed by atoms with Crippen LogP contribution in [0.5, 0.6) is 5.75 Å². The van der Waals surface area contributed by atoms with Gasteiger partial charge in [0.15, 0.2) is 5.16 Å². The highest BCUT2D eigenvalue weighted by atomic mass is 32.2. The number of aryl methyl sites for hydroxylation is 1. The molecule has 0 saturated carbocycles. The first kappa shape index (κ1) is 21.1. The molecule has 1 aromatic heterocycles. The Morgan fingerprint density at radius 1 is 0.903 bits per heavy atom. The third-order valence-corrected chi connectivity index (χ3v) is 5.64. The number of hydrogen-bond donors (Lipinski definition) is 0. The Morgan fingerprint density at radius 3 is 2.23 bits per heavy atom. The highest BCUT2D eigenvalue weighted by Gasteiger charge is 2.31. The summed E-state index contributed by atoms with van der Waals surface area (Å²) < 4.78 is 43.5. The number of nitrogens with zero attached hydrogens (tertiary/aromatic N) is 2. The van der Waals surface area contributed by atoms with Crippen molar-refractivity contribution in [1.29, 1.82) is 0 Å². The summed E-state index contributed by atoms with van der Waals surface area (Å²) in [5.74, 6) is 0.465. The topological polar surface area (TPSA) is 27.1 Å². The molecule has 0 aliphatic heterocycles. The summed E-state index contributed by atoms with van der Waals surface area (Å²) in [6.07, 6.45) is -2.93. The van der Waals surface area contributed by atoms with E-state index in [-0.39, 0.29) is 5.75 Å². The van der Waals surface area contributed by atoms with Crippen LogP contribution in [0, 0.1) is 6.92 Å². The average molecular weight is 440 g/mol. The zero-order valence-corrected chi connectivity index (χ0v) is 17.5. The standard InChI is InChI=1S/C24H19F3N2OS/c1-17-7-9-19(10-8-17)22-15-28-23(31-16-18-5-3-2-4-6-18)29(22)20-11-13-21(14-12-20)30-24(25,26)27/h2-15H,16H2,1H3. The molecule has 0 radical (unpaired) electrons. The summed E-state index contributed by atoms with van der Waals surface area (Å²) >= 11 is 1.57. The normalized spacial score (nSPS) is 11.5. The first-order chi connectivity index (χ1) is 14.9. The van der Waals surface area contributed by atoms with Crippen LogP contribution in [0.4, 0.5) is 13.2 Å². The van der Waals surface area contributed by atoms with Crippen molar-refractivity contribution in [2.75, 3.05) is 0 Å². The number of hydrogen-bond acceptors (Lipinski definition) is 3. The largest absolute Gasteiger partial charge is 0.573 e. The van der Waals surface area contributed by atoms with Gasteiger partial charge in [0, 0.05) is 17.0 Å². The van der Waals surface area contributed by atoms with Gasteiger partial charge in [-0.05, 0) is 36.8 Å². The van der Waals surface area contributed by atoms with Gasteiger partial charge in [0.1, 0.15) is 5.75 Å². The van der Waals surface area contributed by atoms with E-state index in [9.17, 15) is 13.2 Å². The Morgan fingerprint density at radius 2 is 1.58 bits per heavy atom. The van der Waals surface area contributed by atoms with Crippen molar-refractivity contribution in [3.05, 3.63) is 96.2 Å². The molecule has 4 aromatic rings. The summed E-state index contributed by atoms with van der Waals surface area (Å²) in [6, 6.07) is 23.9. The van der Waals surface area contributed by atoms with Crippen molar-refractivity contribution in [3.63, 3.8) is 0 Å². The molecular weight excluding hydrogens is 421 g/mol. The van der Waals surface area contributed by atoms with E-state index in [0.29, 0.717) is 5.69 Å². The maximum Gasteiger partial charge on any atom is 0.573 e. The lowest BCUT2D eigenvalue weighted by atomic mass is 10.1. The lowest BCUT2D eigenvalue weighted by molar-refractivity contribution is -0.274. The van der Waals surface area contributed by atoms with Crippen LogP contribution in [0.3, 0.4) is 0 Å².